The first-order valence-corrected chi connectivity index (χ1v) is 14.7. The van der Waals surface area contributed by atoms with Crippen LogP contribution < -0.4 is 0 Å². The zero-order valence-corrected chi connectivity index (χ0v) is 22.0. The molecule has 0 N–H and O–H groups in total. The van der Waals surface area contributed by atoms with E-state index in [1.54, 1.807) is 0 Å². The first-order chi connectivity index (χ1) is 15.7. The Morgan fingerprint density at radius 1 is 0.879 bits per heavy atom. The van der Waals surface area contributed by atoms with Crippen LogP contribution in [-0.2, 0) is 24.1 Å². The van der Waals surface area contributed by atoms with Crippen molar-refractivity contribution in [2.45, 2.75) is 116 Å². The summed E-state index contributed by atoms with van der Waals surface area (Å²) in [6.45, 7) is 5.16. The molecule has 2 rings (SSSR count). The molecule has 0 bridgehead atoms. The van der Waals surface area contributed by atoms with Gasteiger partial charge in [0.1, 0.15) is 0 Å². The first-order valence-electron chi connectivity index (χ1n) is 13.3. The summed E-state index contributed by atoms with van der Waals surface area (Å²) in [4.78, 5) is 11.7. The van der Waals surface area contributed by atoms with Crippen LogP contribution in [-0.4, -0.2) is 56.9 Å². The lowest BCUT2D eigenvalue weighted by Gasteiger charge is -2.28. The molecule has 1 saturated heterocycles. The highest BCUT2D eigenvalue weighted by atomic mass is 32.3. The molecule has 0 amide bonds. The highest BCUT2D eigenvalue weighted by Crippen LogP contribution is 2.28. The Hall–Kier alpha value is -0.700. The number of esters is 1. The number of carbonyl (C=O) groups is 1. The molecular formula is C25H49NO6S. The Morgan fingerprint density at radius 2 is 1.39 bits per heavy atom. The normalized spacial score (nSPS) is 18.2. The molecule has 2 fully saturated rings. The van der Waals surface area contributed by atoms with Gasteiger partial charge < -0.3 is 9.29 Å². The van der Waals surface area contributed by atoms with Crippen molar-refractivity contribution in [2.75, 3.05) is 33.5 Å². The van der Waals surface area contributed by atoms with Crippen molar-refractivity contribution in [1.82, 2.24) is 0 Å². The topological polar surface area (TPSA) is 92.7 Å². The maximum absolute atomic E-state index is 11.7. The zero-order valence-electron chi connectivity index (χ0n) is 21.2. The predicted octanol–water partition coefficient (Wildman–Crippen LogP) is 5.69. The Labute approximate surface area is 203 Å². The van der Waals surface area contributed by atoms with Gasteiger partial charge in [-0.15, -0.1) is 0 Å². The fourth-order valence-corrected chi connectivity index (χ4v) is 5.04. The van der Waals surface area contributed by atoms with E-state index < -0.39 is 10.4 Å². The third-order valence-electron chi connectivity index (χ3n) is 6.84. The third-order valence-corrected chi connectivity index (χ3v) is 7.29. The average Bonchev–Trinajstić information content (AvgIpc) is 3.42. The second kappa shape index (κ2) is 17.7. The van der Waals surface area contributed by atoms with Crippen LogP contribution in [0.25, 0.3) is 0 Å². The molecule has 0 aromatic heterocycles. The molecule has 0 spiro atoms. The highest BCUT2D eigenvalue weighted by molar-refractivity contribution is 7.80. The predicted molar refractivity (Wildman–Crippen MR) is 130 cm³/mol. The number of unbranched alkanes of at least 4 members (excludes halogenated alkanes) is 9. The lowest BCUT2D eigenvalue weighted by atomic mass is 10.1. The molecule has 0 atom stereocenters. The number of ether oxygens (including phenoxy) is 1. The number of rotatable bonds is 16. The van der Waals surface area contributed by atoms with Gasteiger partial charge in [-0.3, -0.25) is 13.5 Å². The lowest BCUT2D eigenvalue weighted by Crippen LogP contribution is -2.43. The van der Waals surface area contributed by atoms with Gasteiger partial charge in [-0.05, 0) is 25.2 Å². The van der Waals surface area contributed by atoms with Gasteiger partial charge in [-0.1, -0.05) is 77.6 Å². The number of nitrogens with zero attached hydrogens (tertiary/aromatic N) is 1. The number of likely N-dealkylation sites (tertiary alicyclic amines) is 1. The molecular weight excluding hydrogens is 442 g/mol. The maximum Gasteiger partial charge on any atom is 0.310 e. The molecule has 1 aliphatic heterocycles. The molecule has 33 heavy (non-hydrogen) atoms. The van der Waals surface area contributed by atoms with Crippen molar-refractivity contribution in [3.63, 3.8) is 0 Å². The average molecular weight is 492 g/mol. The van der Waals surface area contributed by atoms with E-state index >= 15 is 0 Å². The number of hydrogen-bond acceptors (Lipinski definition) is 6. The van der Waals surface area contributed by atoms with E-state index in [1.807, 2.05) is 0 Å². The van der Waals surface area contributed by atoms with Gasteiger partial charge in [0.05, 0.1) is 26.7 Å². The Balaban J connectivity index is 0.000000330. The Kier molecular flexibility index (Phi) is 16.3. The molecule has 0 aromatic rings. The first kappa shape index (κ1) is 30.3. The summed E-state index contributed by atoms with van der Waals surface area (Å²) in [7, 11) is -2.29. The van der Waals surface area contributed by atoms with Crippen LogP contribution in [0.3, 0.4) is 0 Å². The molecule has 2 aliphatic rings. The van der Waals surface area contributed by atoms with Gasteiger partial charge in [0.2, 0.25) is 17.1 Å². The highest BCUT2D eigenvalue weighted by Gasteiger charge is 2.28. The van der Waals surface area contributed by atoms with E-state index in [2.05, 4.69) is 18.2 Å². The molecule has 7 nitrogen and oxygen atoms in total. The second-order valence-electron chi connectivity index (χ2n) is 10.2. The molecule has 1 saturated carbocycles. The van der Waals surface area contributed by atoms with Crippen LogP contribution in [0, 0.1) is 5.92 Å². The van der Waals surface area contributed by atoms with Crippen LogP contribution in [0.2, 0.25) is 0 Å². The van der Waals surface area contributed by atoms with E-state index in [1.165, 1.54) is 83.5 Å². The maximum atomic E-state index is 11.7. The summed E-state index contributed by atoms with van der Waals surface area (Å²) in [6.07, 6.45) is 19.9. The number of hydrogen-bond donors (Lipinski definition) is 0. The van der Waals surface area contributed by atoms with E-state index in [0.29, 0.717) is 25.5 Å². The van der Waals surface area contributed by atoms with Crippen molar-refractivity contribution < 1.29 is 31.2 Å². The minimum Gasteiger partial charge on any atom is -0.726 e. The minimum absolute atomic E-state index is 0.0261. The zero-order chi connectivity index (χ0) is 24.4. The van der Waals surface area contributed by atoms with Gasteiger partial charge in [0.15, 0.2) is 0 Å². The third kappa shape index (κ3) is 17.4. The summed E-state index contributed by atoms with van der Waals surface area (Å²) < 4.78 is 40.8. The van der Waals surface area contributed by atoms with Gasteiger partial charge in [0, 0.05) is 19.3 Å². The largest absolute Gasteiger partial charge is 0.726 e. The van der Waals surface area contributed by atoms with E-state index in [0.717, 1.165) is 30.4 Å². The molecule has 0 radical (unpaired) electrons. The summed E-state index contributed by atoms with van der Waals surface area (Å²) in [5, 5.41) is 0. The SMILES string of the molecule is CCCCCCCCCCCCOS(=O)(=O)[O-].C[N+]1(COC(=O)CC2CCCC2)CCCC1. The van der Waals surface area contributed by atoms with Gasteiger partial charge in [0.25, 0.3) is 0 Å². The smallest absolute Gasteiger partial charge is 0.310 e. The van der Waals surface area contributed by atoms with Crippen LogP contribution in [0.1, 0.15) is 116 Å². The molecule has 0 unspecified atom stereocenters. The van der Waals surface area contributed by atoms with Crippen molar-refractivity contribution in [3.8, 4) is 0 Å². The quantitative estimate of drug-likeness (QED) is 0.0905. The second-order valence-corrected chi connectivity index (χ2v) is 11.2. The molecule has 1 aliphatic carbocycles. The molecule has 1 heterocycles. The van der Waals surface area contributed by atoms with Crippen molar-refractivity contribution in [1.29, 1.82) is 0 Å². The standard InChI is InChI=1S/C13H24NO2.C12H26O4S/c1-14(8-4-5-9-14)11-16-13(15)10-12-6-2-3-7-12;1-2-3-4-5-6-7-8-9-10-11-12-16-17(13,14)15/h12H,2-11H2,1H3;2-12H2,1H3,(H,13,14,15)/q+1;/p-1. The van der Waals surface area contributed by atoms with Crippen LogP contribution in [0.15, 0.2) is 0 Å². The summed E-state index contributed by atoms with van der Waals surface area (Å²) in [6, 6.07) is 0. The van der Waals surface area contributed by atoms with E-state index in [9.17, 15) is 17.8 Å². The summed E-state index contributed by atoms with van der Waals surface area (Å²) >= 11 is 0. The van der Waals surface area contributed by atoms with Crippen LogP contribution >= 0.6 is 0 Å². The monoisotopic (exact) mass is 491 g/mol. The van der Waals surface area contributed by atoms with E-state index in [4.69, 9.17) is 4.74 Å². The van der Waals surface area contributed by atoms with Gasteiger partial charge >= 0.3 is 5.97 Å². The van der Waals surface area contributed by atoms with Gasteiger partial charge in [-0.2, -0.15) is 0 Å². The molecule has 0 aromatic carbocycles. The van der Waals surface area contributed by atoms with Crippen LogP contribution in [0.4, 0.5) is 0 Å². The molecule has 8 heteroatoms. The van der Waals surface area contributed by atoms with Crippen LogP contribution in [0.5, 0.6) is 0 Å². The fraction of sp³-hybridized carbons (Fsp3) is 0.960. The fourth-order valence-electron chi connectivity index (χ4n) is 4.72. The molecule has 196 valence electrons. The van der Waals surface area contributed by atoms with E-state index in [-0.39, 0.29) is 12.6 Å². The number of quaternary nitrogens is 1. The number of carbonyl (C=O) groups excluding carboxylic acids is 1. The van der Waals surface area contributed by atoms with Crippen molar-refractivity contribution in [3.05, 3.63) is 0 Å². The van der Waals surface area contributed by atoms with Crippen molar-refractivity contribution in [2.24, 2.45) is 5.92 Å². The summed E-state index contributed by atoms with van der Waals surface area (Å²) in [5.41, 5.74) is 0. The lowest BCUT2D eigenvalue weighted by molar-refractivity contribution is -0.914. The Morgan fingerprint density at radius 3 is 1.91 bits per heavy atom. The minimum atomic E-state index is -4.48. The Bertz CT molecular complexity index is 598. The van der Waals surface area contributed by atoms with Gasteiger partial charge in [-0.25, -0.2) is 8.42 Å². The van der Waals surface area contributed by atoms with Crippen molar-refractivity contribution >= 4 is 16.4 Å². The summed E-state index contributed by atoms with van der Waals surface area (Å²) in [5.74, 6) is 0.634.